The summed E-state index contributed by atoms with van der Waals surface area (Å²) >= 11 is 0. The first-order valence-corrected chi connectivity index (χ1v) is 5.85. The van der Waals surface area contributed by atoms with Crippen LogP contribution in [0, 0.1) is 0 Å². The second kappa shape index (κ2) is 6.01. The molecule has 0 aliphatic carbocycles. The molecular weight excluding hydrogens is 204 g/mol. The van der Waals surface area contributed by atoms with Crippen molar-refractivity contribution in [3.8, 4) is 0 Å². The summed E-state index contributed by atoms with van der Waals surface area (Å²) in [6.07, 6.45) is 0.518. The zero-order valence-corrected chi connectivity index (χ0v) is 10.3. The minimum absolute atomic E-state index is 0.125. The fourth-order valence-electron chi connectivity index (χ4n) is 1.95. The molecule has 1 N–H and O–H groups in total. The van der Waals surface area contributed by atoms with Crippen molar-refractivity contribution in [1.82, 2.24) is 9.80 Å². The third-order valence-corrected chi connectivity index (χ3v) is 2.80. The number of nitrogens with zero attached hydrogens (tertiary/aromatic N) is 2. The second-order valence-electron chi connectivity index (χ2n) is 4.54. The molecule has 1 atom stereocenters. The lowest BCUT2D eigenvalue weighted by atomic mass is 10.3. The van der Waals surface area contributed by atoms with Crippen LogP contribution in [0.4, 0.5) is 0 Å². The van der Waals surface area contributed by atoms with Gasteiger partial charge in [-0.2, -0.15) is 0 Å². The van der Waals surface area contributed by atoms with Crippen LogP contribution in [0.3, 0.4) is 0 Å². The first-order valence-electron chi connectivity index (χ1n) is 5.85. The zero-order chi connectivity index (χ0) is 12.1. The predicted octanol–water partition coefficient (Wildman–Crippen LogP) is 0.478. The van der Waals surface area contributed by atoms with Crippen LogP contribution >= 0.6 is 0 Å². The van der Waals surface area contributed by atoms with Crippen LogP contribution < -0.4 is 0 Å². The molecule has 0 spiro atoms. The zero-order valence-electron chi connectivity index (χ0n) is 10.3. The molecule has 0 aromatic carbocycles. The van der Waals surface area contributed by atoms with Gasteiger partial charge in [-0.25, -0.2) is 0 Å². The summed E-state index contributed by atoms with van der Waals surface area (Å²) in [5.74, 6) is 0.125. The standard InChI is InChI=1S/C12H22N2O2/c1-4-14(7-10(2)3)12(16)9-13-6-5-11(15)8-13/h11,15H,2,4-9H2,1,3H3/t11-/m0/s1. The minimum Gasteiger partial charge on any atom is -0.392 e. The average Bonchev–Trinajstić information content (AvgIpc) is 2.60. The fourth-order valence-corrected chi connectivity index (χ4v) is 1.95. The molecule has 16 heavy (non-hydrogen) atoms. The van der Waals surface area contributed by atoms with E-state index in [9.17, 15) is 9.90 Å². The van der Waals surface area contributed by atoms with Crippen molar-refractivity contribution in [2.75, 3.05) is 32.7 Å². The molecule has 4 heteroatoms. The highest BCUT2D eigenvalue weighted by atomic mass is 16.3. The van der Waals surface area contributed by atoms with E-state index in [1.54, 1.807) is 4.90 Å². The fraction of sp³-hybridized carbons (Fsp3) is 0.750. The van der Waals surface area contributed by atoms with Gasteiger partial charge < -0.3 is 10.0 Å². The number of likely N-dealkylation sites (tertiary alicyclic amines) is 1. The number of aliphatic hydroxyl groups excluding tert-OH is 1. The highest BCUT2D eigenvalue weighted by molar-refractivity contribution is 5.78. The van der Waals surface area contributed by atoms with Gasteiger partial charge >= 0.3 is 0 Å². The smallest absolute Gasteiger partial charge is 0.237 e. The van der Waals surface area contributed by atoms with Crippen LogP contribution in [-0.2, 0) is 4.79 Å². The maximum atomic E-state index is 11.9. The van der Waals surface area contributed by atoms with Crippen molar-refractivity contribution in [2.45, 2.75) is 26.4 Å². The molecule has 0 aromatic rings. The van der Waals surface area contributed by atoms with Gasteiger partial charge in [0.15, 0.2) is 0 Å². The maximum Gasteiger partial charge on any atom is 0.237 e. The molecule has 0 radical (unpaired) electrons. The molecular formula is C12H22N2O2. The largest absolute Gasteiger partial charge is 0.392 e. The van der Waals surface area contributed by atoms with Gasteiger partial charge in [0.25, 0.3) is 0 Å². The molecule has 1 amide bonds. The normalized spacial score (nSPS) is 21.1. The summed E-state index contributed by atoms with van der Waals surface area (Å²) < 4.78 is 0. The predicted molar refractivity (Wildman–Crippen MR) is 64.1 cm³/mol. The Morgan fingerprint density at radius 3 is 2.75 bits per heavy atom. The van der Waals surface area contributed by atoms with E-state index in [-0.39, 0.29) is 12.0 Å². The Labute approximate surface area is 97.5 Å². The number of β-amino-alcohol motifs (C(OH)–C–C–N with tert-alkyl or cyclic N) is 1. The highest BCUT2D eigenvalue weighted by Gasteiger charge is 2.23. The highest BCUT2D eigenvalue weighted by Crippen LogP contribution is 2.09. The summed E-state index contributed by atoms with van der Waals surface area (Å²) in [6.45, 7) is 10.9. The molecule has 4 nitrogen and oxygen atoms in total. The van der Waals surface area contributed by atoms with Gasteiger partial charge in [-0.05, 0) is 20.3 Å². The second-order valence-corrected chi connectivity index (χ2v) is 4.54. The van der Waals surface area contributed by atoms with Crippen molar-refractivity contribution >= 4 is 5.91 Å². The molecule has 1 aliphatic heterocycles. The number of likely N-dealkylation sites (N-methyl/N-ethyl adjacent to an activating group) is 1. The minimum atomic E-state index is -0.260. The third kappa shape index (κ3) is 3.94. The van der Waals surface area contributed by atoms with E-state index in [1.807, 2.05) is 18.7 Å². The Morgan fingerprint density at radius 2 is 2.31 bits per heavy atom. The van der Waals surface area contributed by atoms with E-state index in [2.05, 4.69) is 6.58 Å². The number of carbonyl (C=O) groups excluding carboxylic acids is 1. The van der Waals surface area contributed by atoms with E-state index in [0.717, 1.165) is 18.5 Å². The van der Waals surface area contributed by atoms with Gasteiger partial charge in [0.05, 0.1) is 12.6 Å². The van der Waals surface area contributed by atoms with Gasteiger partial charge in [0.2, 0.25) is 5.91 Å². The average molecular weight is 226 g/mol. The lowest BCUT2D eigenvalue weighted by Gasteiger charge is -2.24. The van der Waals surface area contributed by atoms with Crippen molar-refractivity contribution < 1.29 is 9.90 Å². The molecule has 1 rings (SSSR count). The third-order valence-electron chi connectivity index (χ3n) is 2.80. The van der Waals surface area contributed by atoms with Crippen LogP contribution in [0.5, 0.6) is 0 Å². The summed E-state index contributed by atoms with van der Waals surface area (Å²) in [7, 11) is 0. The first-order chi connectivity index (χ1) is 7.52. The Morgan fingerprint density at radius 1 is 1.62 bits per heavy atom. The van der Waals surface area contributed by atoms with Gasteiger partial charge in [-0.3, -0.25) is 9.69 Å². The number of carbonyl (C=O) groups is 1. The van der Waals surface area contributed by atoms with Crippen LogP contribution in [0.1, 0.15) is 20.3 Å². The van der Waals surface area contributed by atoms with Crippen LogP contribution in [0.25, 0.3) is 0 Å². The number of rotatable bonds is 5. The summed E-state index contributed by atoms with van der Waals surface area (Å²) in [5, 5.41) is 9.37. The van der Waals surface area contributed by atoms with Crippen molar-refractivity contribution in [3.63, 3.8) is 0 Å². The molecule has 0 bridgehead atoms. The first kappa shape index (κ1) is 13.2. The van der Waals surface area contributed by atoms with Crippen LogP contribution in [-0.4, -0.2) is 59.6 Å². The summed E-state index contributed by atoms with van der Waals surface area (Å²) in [4.78, 5) is 15.7. The number of aliphatic hydroxyl groups is 1. The summed E-state index contributed by atoms with van der Waals surface area (Å²) in [5.41, 5.74) is 0.997. The Kier molecular flexibility index (Phi) is 4.96. The van der Waals surface area contributed by atoms with Crippen molar-refractivity contribution in [2.24, 2.45) is 0 Å². The van der Waals surface area contributed by atoms with Crippen LogP contribution in [0.2, 0.25) is 0 Å². The Bertz CT molecular complexity index is 266. The molecule has 1 heterocycles. The van der Waals surface area contributed by atoms with Crippen molar-refractivity contribution in [3.05, 3.63) is 12.2 Å². The molecule has 92 valence electrons. The van der Waals surface area contributed by atoms with E-state index in [1.165, 1.54) is 0 Å². The molecule has 1 aliphatic rings. The SMILES string of the molecule is C=C(C)CN(CC)C(=O)CN1CC[C@H](O)C1. The molecule has 0 saturated carbocycles. The molecule has 0 unspecified atom stereocenters. The van der Waals surface area contributed by atoms with Gasteiger partial charge in [-0.1, -0.05) is 12.2 Å². The van der Waals surface area contributed by atoms with Gasteiger partial charge in [0, 0.05) is 26.2 Å². The van der Waals surface area contributed by atoms with E-state index in [0.29, 0.717) is 26.2 Å². The van der Waals surface area contributed by atoms with Crippen molar-refractivity contribution in [1.29, 1.82) is 0 Å². The van der Waals surface area contributed by atoms with E-state index >= 15 is 0 Å². The lowest BCUT2D eigenvalue weighted by molar-refractivity contribution is -0.131. The summed E-state index contributed by atoms with van der Waals surface area (Å²) in [6, 6.07) is 0. The maximum absolute atomic E-state index is 11.9. The van der Waals surface area contributed by atoms with Gasteiger partial charge in [0.1, 0.15) is 0 Å². The van der Waals surface area contributed by atoms with E-state index < -0.39 is 0 Å². The number of hydrogen-bond donors (Lipinski definition) is 1. The lowest BCUT2D eigenvalue weighted by Crippen LogP contribution is -2.40. The van der Waals surface area contributed by atoms with Gasteiger partial charge in [-0.15, -0.1) is 0 Å². The quantitative estimate of drug-likeness (QED) is 0.693. The molecule has 0 aromatic heterocycles. The Hall–Kier alpha value is -0.870. The topological polar surface area (TPSA) is 43.8 Å². The van der Waals surface area contributed by atoms with E-state index in [4.69, 9.17) is 0 Å². The monoisotopic (exact) mass is 226 g/mol. The number of amides is 1. The molecule has 1 fully saturated rings. The molecule has 1 saturated heterocycles. The number of hydrogen-bond acceptors (Lipinski definition) is 3. The Balaban J connectivity index is 2.40. The van der Waals surface area contributed by atoms with Crippen LogP contribution in [0.15, 0.2) is 12.2 Å².